The summed E-state index contributed by atoms with van der Waals surface area (Å²) in [6.45, 7) is 6.73. The summed E-state index contributed by atoms with van der Waals surface area (Å²) in [7, 11) is 2.03. The summed E-state index contributed by atoms with van der Waals surface area (Å²) in [5, 5.41) is 1.67. The van der Waals surface area contributed by atoms with E-state index >= 15 is 0 Å². The normalized spacial score (nSPS) is 18.5. The van der Waals surface area contributed by atoms with Crippen LogP contribution in [0.1, 0.15) is 19.4 Å². The Bertz CT molecular complexity index is 1280. The van der Waals surface area contributed by atoms with Gasteiger partial charge in [-0.3, -0.25) is 9.69 Å². The third-order valence-corrected chi connectivity index (χ3v) is 8.61. The van der Waals surface area contributed by atoms with Gasteiger partial charge in [-0.1, -0.05) is 54.2 Å². The number of hydrogen-bond acceptors (Lipinski definition) is 6. The van der Waals surface area contributed by atoms with Crippen LogP contribution in [0.25, 0.3) is 0 Å². The van der Waals surface area contributed by atoms with Crippen LogP contribution in [0.3, 0.4) is 0 Å². The highest BCUT2D eigenvalue weighted by molar-refractivity contribution is 8.19. The summed E-state index contributed by atoms with van der Waals surface area (Å²) >= 11 is 3.11. The zero-order valence-corrected chi connectivity index (χ0v) is 21.8. The van der Waals surface area contributed by atoms with Crippen molar-refractivity contribution in [2.45, 2.75) is 25.3 Å². The molecule has 2 aliphatic heterocycles. The molecule has 0 spiro atoms. The first-order valence-corrected chi connectivity index (χ1v) is 13.4. The van der Waals surface area contributed by atoms with E-state index in [0.29, 0.717) is 11.7 Å². The van der Waals surface area contributed by atoms with Gasteiger partial charge in [-0.2, -0.15) is 0 Å². The second-order valence-electron chi connectivity index (χ2n) is 8.33. The lowest BCUT2D eigenvalue weighted by Crippen LogP contribution is -2.29. The molecule has 2 heterocycles. The van der Waals surface area contributed by atoms with Gasteiger partial charge in [0, 0.05) is 30.7 Å². The lowest BCUT2D eigenvalue weighted by molar-refractivity contribution is -0.122. The maximum Gasteiger partial charge on any atom is 0.269 e. The average molecular weight is 501 g/mol. The van der Waals surface area contributed by atoms with Gasteiger partial charge in [-0.25, -0.2) is 4.99 Å². The monoisotopic (exact) mass is 500 g/mol. The lowest BCUT2D eigenvalue weighted by Gasteiger charge is -2.21. The van der Waals surface area contributed by atoms with E-state index < -0.39 is 0 Å². The van der Waals surface area contributed by atoms with Crippen LogP contribution in [0.15, 0.2) is 98.7 Å². The van der Waals surface area contributed by atoms with Crippen molar-refractivity contribution in [2.75, 3.05) is 29.9 Å². The third kappa shape index (κ3) is 4.70. The standard InChI is InChI=1S/C28H28N4OS2/c1-4-31(5-2)22-17-15-21(16-18-22)29-28-32(19-20-11-7-6-8-12-20)26(33)25(35-28)27-30(3)23-13-9-10-14-24(23)34-27/h6-18H,4-5,19H2,1-3H3. The molecule has 0 bridgehead atoms. The molecule has 1 amide bonds. The van der Waals surface area contributed by atoms with Crippen molar-refractivity contribution in [3.63, 3.8) is 0 Å². The molecule has 0 saturated carbocycles. The van der Waals surface area contributed by atoms with Crippen molar-refractivity contribution in [2.24, 2.45) is 4.99 Å². The Morgan fingerprint density at radius 2 is 1.54 bits per heavy atom. The largest absolute Gasteiger partial charge is 0.372 e. The first-order chi connectivity index (χ1) is 17.1. The number of fused-ring (bicyclic) bond motifs is 1. The maximum atomic E-state index is 13.7. The van der Waals surface area contributed by atoms with Crippen molar-refractivity contribution in [1.82, 2.24) is 4.90 Å². The van der Waals surface area contributed by atoms with Gasteiger partial charge in [0.15, 0.2) is 5.17 Å². The Balaban J connectivity index is 1.50. The Morgan fingerprint density at radius 3 is 2.23 bits per heavy atom. The summed E-state index contributed by atoms with van der Waals surface area (Å²) in [6, 6.07) is 26.6. The van der Waals surface area contributed by atoms with Gasteiger partial charge in [0.05, 0.1) is 22.9 Å². The van der Waals surface area contributed by atoms with Gasteiger partial charge in [0.2, 0.25) is 0 Å². The van der Waals surface area contributed by atoms with Gasteiger partial charge in [-0.15, -0.1) is 0 Å². The first-order valence-electron chi connectivity index (χ1n) is 11.8. The number of nitrogens with zero attached hydrogens (tertiary/aromatic N) is 4. The molecular weight excluding hydrogens is 472 g/mol. The Morgan fingerprint density at radius 1 is 0.857 bits per heavy atom. The summed E-state index contributed by atoms with van der Waals surface area (Å²) in [5.41, 5.74) is 4.23. The number of rotatable bonds is 6. The Kier molecular flexibility index (Phi) is 6.88. The van der Waals surface area contributed by atoms with Gasteiger partial charge in [0.1, 0.15) is 4.91 Å². The highest BCUT2D eigenvalue weighted by atomic mass is 32.2. The van der Waals surface area contributed by atoms with Crippen LogP contribution in [0, 0.1) is 0 Å². The Hall–Kier alpha value is -3.16. The topological polar surface area (TPSA) is 39.1 Å². The van der Waals surface area contributed by atoms with E-state index in [9.17, 15) is 4.79 Å². The Labute approximate surface area is 215 Å². The zero-order chi connectivity index (χ0) is 24.4. The van der Waals surface area contributed by atoms with Crippen molar-refractivity contribution in [1.29, 1.82) is 0 Å². The molecule has 3 aromatic rings. The van der Waals surface area contributed by atoms with E-state index in [1.165, 1.54) is 17.4 Å². The predicted molar refractivity (Wildman–Crippen MR) is 149 cm³/mol. The minimum Gasteiger partial charge on any atom is -0.372 e. The van der Waals surface area contributed by atoms with Gasteiger partial charge in [-0.05, 0) is 67.6 Å². The minimum atomic E-state index is -0.000444. The number of carbonyl (C=O) groups is 1. The van der Waals surface area contributed by atoms with Gasteiger partial charge in [0.25, 0.3) is 5.91 Å². The van der Waals surface area contributed by atoms with Crippen LogP contribution in [-0.4, -0.2) is 36.1 Å². The number of carbonyl (C=O) groups excluding carboxylic acids is 1. The molecule has 3 aromatic carbocycles. The van der Waals surface area contributed by atoms with E-state index in [4.69, 9.17) is 4.99 Å². The molecular formula is C28H28N4OS2. The number of hydrogen-bond donors (Lipinski definition) is 0. The number of thioether (sulfide) groups is 2. The first kappa shape index (κ1) is 23.6. The van der Waals surface area contributed by atoms with Crippen LogP contribution >= 0.6 is 23.5 Å². The van der Waals surface area contributed by atoms with Crippen molar-refractivity contribution >= 4 is 51.7 Å². The van der Waals surface area contributed by atoms with E-state index in [0.717, 1.165) is 44.9 Å². The maximum absolute atomic E-state index is 13.7. The second-order valence-corrected chi connectivity index (χ2v) is 10.3. The van der Waals surface area contributed by atoms with Gasteiger partial charge >= 0.3 is 0 Å². The molecule has 0 aromatic heterocycles. The lowest BCUT2D eigenvalue weighted by atomic mass is 10.2. The molecule has 0 aliphatic carbocycles. The molecule has 0 N–H and O–H groups in total. The molecule has 7 heteroatoms. The zero-order valence-electron chi connectivity index (χ0n) is 20.1. The second kappa shape index (κ2) is 10.2. The van der Waals surface area contributed by atoms with E-state index in [-0.39, 0.29) is 5.91 Å². The van der Waals surface area contributed by atoms with Crippen LogP contribution in [0.5, 0.6) is 0 Å². The molecule has 2 aliphatic rings. The van der Waals surface area contributed by atoms with Crippen molar-refractivity contribution < 1.29 is 4.79 Å². The summed E-state index contributed by atoms with van der Waals surface area (Å²) in [6.07, 6.45) is 0. The summed E-state index contributed by atoms with van der Waals surface area (Å²) < 4.78 is 0. The molecule has 0 atom stereocenters. The quantitative estimate of drug-likeness (QED) is 0.352. The molecule has 178 valence electrons. The smallest absolute Gasteiger partial charge is 0.269 e. The fourth-order valence-electron chi connectivity index (χ4n) is 4.26. The fourth-order valence-corrected chi connectivity index (χ4v) is 6.60. The summed E-state index contributed by atoms with van der Waals surface area (Å²) in [4.78, 5) is 26.8. The van der Waals surface area contributed by atoms with Crippen LogP contribution < -0.4 is 9.80 Å². The molecule has 35 heavy (non-hydrogen) atoms. The van der Waals surface area contributed by atoms with Crippen molar-refractivity contribution in [3.8, 4) is 0 Å². The minimum absolute atomic E-state index is 0.000444. The molecule has 5 rings (SSSR count). The highest BCUT2D eigenvalue weighted by Crippen LogP contribution is 2.50. The van der Waals surface area contributed by atoms with E-state index in [1.807, 2.05) is 61.6 Å². The number of anilines is 2. The SMILES string of the molecule is CCN(CC)c1ccc(N=C2SC(=C3Sc4ccccc4N3C)C(=O)N2Cc2ccccc2)cc1. The van der Waals surface area contributed by atoms with E-state index in [1.54, 1.807) is 16.7 Å². The third-order valence-electron chi connectivity index (χ3n) is 6.18. The molecule has 0 unspecified atom stereocenters. The average Bonchev–Trinajstić information content (AvgIpc) is 3.38. The summed E-state index contributed by atoms with van der Waals surface area (Å²) in [5.74, 6) is -0.000444. The predicted octanol–water partition coefficient (Wildman–Crippen LogP) is 6.71. The van der Waals surface area contributed by atoms with Crippen LogP contribution in [-0.2, 0) is 11.3 Å². The number of aliphatic imine (C=N–C) groups is 1. The van der Waals surface area contributed by atoms with E-state index in [2.05, 4.69) is 47.9 Å². The number of amidine groups is 1. The van der Waals surface area contributed by atoms with Gasteiger partial charge < -0.3 is 9.80 Å². The highest BCUT2D eigenvalue weighted by Gasteiger charge is 2.39. The molecule has 0 radical (unpaired) electrons. The molecule has 1 saturated heterocycles. The molecule has 5 nitrogen and oxygen atoms in total. The molecule has 1 fully saturated rings. The van der Waals surface area contributed by atoms with Crippen molar-refractivity contribution in [3.05, 3.63) is 94.4 Å². The number of amides is 1. The number of para-hydroxylation sites is 1. The van der Waals surface area contributed by atoms with Crippen LogP contribution in [0.2, 0.25) is 0 Å². The number of benzene rings is 3. The fraction of sp³-hybridized carbons (Fsp3) is 0.214. The van der Waals surface area contributed by atoms with Crippen LogP contribution in [0.4, 0.5) is 17.1 Å².